The van der Waals surface area contributed by atoms with Gasteiger partial charge in [-0.1, -0.05) is 0 Å². The van der Waals surface area contributed by atoms with Crippen LogP contribution in [0.4, 0.5) is 14.6 Å². The van der Waals surface area contributed by atoms with Crippen molar-refractivity contribution in [3.63, 3.8) is 0 Å². The highest BCUT2D eigenvalue weighted by Gasteiger charge is 2.60. The van der Waals surface area contributed by atoms with Gasteiger partial charge in [0.2, 0.25) is 6.23 Å². The van der Waals surface area contributed by atoms with Crippen molar-refractivity contribution in [1.82, 2.24) is 9.55 Å². The summed E-state index contributed by atoms with van der Waals surface area (Å²) in [5.74, 6) is -5.20. The number of nitrogens with zero attached hydrogens (tertiary/aromatic N) is 2. The van der Waals surface area contributed by atoms with Gasteiger partial charge in [-0.15, -0.1) is 0 Å². The predicted octanol–water partition coefficient (Wildman–Crippen LogP) is 0.364. The molecule has 1 aliphatic heterocycles. The van der Waals surface area contributed by atoms with E-state index in [1.165, 1.54) is 0 Å². The number of rotatable bonds is 8. The Kier molecular flexibility index (Phi) is 6.79. The van der Waals surface area contributed by atoms with Gasteiger partial charge in [-0.05, 0) is 6.07 Å². The molecule has 0 saturated carbocycles. The van der Waals surface area contributed by atoms with Crippen molar-refractivity contribution in [2.45, 2.75) is 24.4 Å². The molecule has 1 fully saturated rings. The minimum atomic E-state index is -4.62. The van der Waals surface area contributed by atoms with Crippen LogP contribution in [-0.2, 0) is 27.4 Å². The van der Waals surface area contributed by atoms with Crippen LogP contribution in [0.25, 0.3) is 0 Å². The van der Waals surface area contributed by atoms with Crippen LogP contribution in [-0.4, -0.2) is 64.4 Å². The van der Waals surface area contributed by atoms with Crippen molar-refractivity contribution in [3.05, 3.63) is 22.7 Å². The number of anilines is 1. The monoisotopic (exact) mass is 449 g/mol. The number of hydrogen-bond acceptors (Lipinski definition) is 10. The molecule has 2 rings (SSSR count). The van der Waals surface area contributed by atoms with Gasteiger partial charge in [-0.25, -0.2) is 4.79 Å². The molecule has 4 atom stereocenters. The molecule has 0 aliphatic carbocycles. The summed E-state index contributed by atoms with van der Waals surface area (Å²) in [5, 5.41) is 9.82. The van der Waals surface area contributed by atoms with E-state index in [1.54, 1.807) is 0 Å². The molecule has 12 nitrogen and oxygen atoms in total. The largest absolute Gasteiger partial charge is 0.384 e. The van der Waals surface area contributed by atoms with E-state index >= 15 is 0 Å². The molecule has 0 spiro atoms. The summed E-state index contributed by atoms with van der Waals surface area (Å²) in [6.45, 7) is -0.967. The average Bonchev–Trinajstić information content (AvgIpc) is 2.83. The summed E-state index contributed by atoms with van der Waals surface area (Å²) in [6.07, 6.45) is -5.60. The molecule has 0 amide bonds. The Labute approximate surface area is 157 Å². The molecule has 1 aromatic heterocycles. The predicted molar refractivity (Wildman–Crippen MR) is 90.0 cm³/mol. The fraction of sp³-hybridized carbons (Fsp3) is 0.667. The zero-order valence-corrected chi connectivity index (χ0v) is 16.5. The quantitative estimate of drug-likeness (QED) is 0.468. The number of alkyl halides is 2. The van der Waals surface area contributed by atoms with Crippen LogP contribution >= 0.6 is 15.2 Å². The van der Waals surface area contributed by atoms with Crippen molar-refractivity contribution in [2.75, 3.05) is 32.5 Å². The zero-order valence-electron chi connectivity index (χ0n) is 14.7. The van der Waals surface area contributed by atoms with Crippen LogP contribution in [0.3, 0.4) is 0 Å². The lowest BCUT2D eigenvalue weighted by molar-refractivity contribution is -0.140. The highest BCUT2D eigenvalue weighted by molar-refractivity contribution is 7.70. The smallest absolute Gasteiger partial charge is 0.351 e. The molecule has 2 unspecified atom stereocenters. The summed E-state index contributed by atoms with van der Waals surface area (Å²) in [6, 6.07) is 1.08. The standard InChI is InChI=1S/C12H19F2N3O9P2/c1-23-28(22,24-2)6-27(20,21)25-5-7-9(18)12(13,14)10(26-7)17-4-3-8(15)16-11(17)19/h3-4,7,9-10,18H,5-6H2,1-2H3,(H,20,21)(H2,15,16,19)/t7-,9?,10-/m1/s1. The molecule has 1 aromatic rings. The van der Waals surface area contributed by atoms with Crippen molar-refractivity contribution in [2.24, 2.45) is 0 Å². The van der Waals surface area contributed by atoms with Crippen LogP contribution in [0.15, 0.2) is 17.1 Å². The van der Waals surface area contributed by atoms with Crippen molar-refractivity contribution in [1.29, 1.82) is 0 Å². The number of nitrogens with two attached hydrogens (primary N) is 1. The molecular formula is C12H19F2N3O9P2. The summed E-state index contributed by atoms with van der Waals surface area (Å²) in [7, 11) is -6.59. The first-order chi connectivity index (χ1) is 12.8. The van der Waals surface area contributed by atoms with Crippen molar-refractivity contribution >= 4 is 21.0 Å². The molecule has 2 heterocycles. The fourth-order valence-electron chi connectivity index (χ4n) is 2.35. The van der Waals surface area contributed by atoms with Crippen LogP contribution in [0, 0.1) is 0 Å². The topological polar surface area (TPSA) is 172 Å². The van der Waals surface area contributed by atoms with Gasteiger partial charge in [-0.2, -0.15) is 13.8 Å². The Balaban J connectivity index is 2.14. The molecular weight excluding hydrogens is 430 g/mol. The molecule has 0 aromatic carbocycles. The summed E-state index contributed by atoms with van der Waals surface area (Å²) in [4.78, 5) is 24.8. The van der Waals surface area contributed by atoms with E-state index in [9.17, 15) is 32.7 Å². The van der Waals surface area contributed by atoms with Gasteiger partial charge in [0.1, 0.15) is 11.9 Å². The molecule has 1 aliphatic rings. The second-order valence-electron chi connectivity index (χ2n) is 5.74. The SMILES string of the molecule is COP(=O)(CP(=O)(O)OC[C@H]1O[C@@H](n2ccc(N)nc2=O)C(F)(F)C1O)OC. The highest BCUT2D eigenvalue weighted by Crippen LogP contribution is 2.60. The first kappa shape index (κ1) is 23.0. The average molecular weight is 449 g/mol. The number of aromatic nitrogens is 2. The highest BCUT2D eigenvalue weighted by atomic mass is 31.2. The van der Waals surface area contributed by atoms with Gasteiger partial charge in [0.25, 0.3) is 0 Å². The van der Waals surface area contributed by atoms with Gasteiger partial charge >= 0.3 is 26.8 Å². The Morgan fingerprint density at radius 2 is 2.00 bits per heavy atom. The van der Waals surface area contributed by atoms with Crippen molar-refractivity contribution < 1.29 is 46.2 Å². The van der Waals surface area contributed by atoms with Crippen molar-refractivity contribution in [3.8, 4) is 0 Å². The van der Waals surface area contributed by atoms with E-state index in [2.05, 4.69) is 18.6 Å². The van der Waals surface area contributed by atoms with Crippen LogP contribution in [0.2, 0.25) is 0 Å². The molecule has 0 radical (unpaired) electrons. The van der Waals surface area contributed by atoms with Gasteiger partial charge in [0.15, 0.2) is 12.0 Å². The third kappa shape index (κ3) is 4.84. The third-order valence-electron chi connectivity index (χ3n) is 3.83. The first-order valence-corrected chi connectivity index (χ1v) is 11.1. The first-order valence-electron chi connectivity index (χ1n) is 7.58. The second kappa shape index (κ2) is 8.25. The Hall–Kier alpha value is -1.24. The second-order valence-corrected chi connectivity index (χ2v) is 10.4. The van der Waals surface area contributed by atoms with Gasteiger partial charge in [-0.3, -0.25) is 13.7 Å². The maximum Gasteiger partial charge on any atom is 0.351 e. The summed E-state index contributed by atoms with van der Waals surface area (Å²) in [5.41, 5.74) is 4.15. The Bertz CT molecular complexity index is 859. The lowest BCUT2D eigenvalue weighted by Crippen LogP contribution is -2.41. The number of aliphatic hydroxyl groups excluding tert-OH is 1. The van der Waals surface area contributed by atoms with E-state index in [1.807, 2.05) is 0 Å². The number of halogens is 2. The minimum absolute atomic E-state index is 0.204. The van der Waals surface area contributed by atoms with Gasteiger partial charge < -0.3 is 34.0 Å². The fourth-order valence-corrected chi connectivity index (χ4v) is 5.88. The summed E-state index contributed by atoms with van der Waals surface area (Å²) >= 11 is 0. The molecule has 4 N–H and O–H groups in total. The molecule has 1 saturated heterocycles. The van der Waals surface area contributed by atoms with Crippen LogP contribution in [0.1, 0.15) is 6.23 Å². The summed E-state index contributed by atoms with van der Waals surface area (Å²) < 4.78 is 71.7. The number of nitrogen functional groups attached to an aromatic ring is 1. The maximum absolute atomic E-state index is 14.4. The normalized spacial score (nSPS) is 26.9. The lowest BCUT2D eigenvalue weighted by Gasteiger charge is -2.21. The van der Waals surface area contributed by atoms with E-state index in [-0.39, 0.29) is 5.82 Å². The molecule has 28 heavy (non-hydrogen) atoms. The molecule has 0 bridgehead atoms. The molecule has 160 valence electrons. The van der Waals surface area contributed by atoms with Gasteiger partial charge in [0, 0.05) is 20.4 Å². The Morgan fingerprint density at radius 3 is 2.54 bits per heavy atom. The van der Waals surface area contributed by atoms with E-state index in [4.69, 9.17) is 10.5 Å². The number of aliphatic hydroxyl groups is 1. The van der Waals surface area contributed by atoms with Gasteiger partial charge in [0.05, 0.1) is 6.61 Å². The number of hydrogen-bond donors (Lipinski definition) is 3. The zero-order chi connectivity index (χ0) is 21.3. The van der Waals surface area contributed by atoms with E-state index in [0.717, 1.165) is 26.5 Å². The lowest BCUT2D eigenvalue weighted by atomic mass is 10.1. The van der Waals surface area contributed by atoms with Crippen LogP contribution < -0.4 is 11.4 Å². The van der Waals surface area contributed by atoms with Crippen LogP contribution in [0.5, 0.6) is 0 Å². The third-order valence-corrected chi connectivity index (χ3v) is 8.31. The molecule has 16 heteroatoms. The number of ether oxygens (including phenoxy) is 1. The minimum Gasteiger partial charge on any atom is -0.384 e. The Morgan fingerprint density at radius 1 is 1.39 bits per heavy atom. The maximum atomic E-state index is 14.4. The van der Waals surface area contributed by atoms with E-state index in [0.29, 0.717) is 4.57 Å². The van der Waals surface area contributed by atoms with E-state index < -0.39 is 57.7 Å².